The van der Waals surface area contributed by atoms with E-state index in [1.54, 1.807) is 4.90 Å². The fourth-order valence-corrected chi connectivity index (χ4v) is 3.81. The number of nitrogens with one attached hydrogen (secondary N) is 1. The Balaban J connectivity index is 1.58. The van der Waals surface area contributed by atoms with Gasteiger partial charge in [0.2, 0.25) is 5.95 Å². The van der Waals surface area contributed by atoms with E-state index in [-0.39, 0.29) is 23.5 Å². The summed E-state index contributed by atoms with van der Waals surface area (Å²) < 4.78 is 25.5. The lowest BCUT2D eigenvalue weighted by molar-refractivity contribution is -0.384. The van der Waals surface area contributed by atoms with Gasteiger partial charge in [0, 0.05) is 68.8 Å². The minimum Gasteiger partial charge on any atom is -0.444 e. The number of nitro benzene ring substituents is 1. The van der Waals surface area contributed by atoms with Crippen molar-refractivity contribution in [2.45, 2.75) is 12.5 Å². The average molecular weight is 446 g/mol. The first-order valence-electron chi connectivity index (χ1n) is 10.2. The maximum Gasteiger partial charge on any atom is 0.407 e. The fourth-order valence-electron chi connectivity index (χ4n) is 3.81. The highest BCUT2D eigenvalue weighted by molar-refractivity contribution is 5.75. The van der Waals surface area contributed by atoms with E-state index in [1.807, 2.05) is 4.90 Å². The molecule has 0 spiro atoms. The first-order valence-corrected chi connectivity index (χ1v) is 10.2. The normalized spacial score (nSPS) is 18.5. The molecule has 32 heavy (non-hydrogen) atoms. The summed E-state index contributed by atoms with van der Waals surface area (Å²) >= 11 is 0. The van der Waals surface area contributed by atoms with Gasteiger partial charge in [-0.25, -0.2) is 19.2 Å². The predicted octanol–water partition coefficient (Wildman–Crippen LogP) is 1.96. The number of carbonyl (C=O) groups excluding carboxylic acids is 1. The SMILES string of the molecule is CNC(=O)OC1CCN(c2cc(F)c(-c3cnc(N4CCOCC4)nc3)cc2[N+](=O)[O-])C1. The Morgan fingerprint density at radius 2 is 1.97 bits per heavy atom. The molecule has 1 aromatic carbocycles. The van der Waals surface area contributed by atoms with E-state index in [9.17, 15) is 14.9 Å². The number of hydrogen-bond acceptors (Lipinski definition) is 9. The van der Waals surface area contributed by atoms with Gasteiger partial charge >= 0.3 is 6.09 Å². The summed E-state index contributed by atoms with van der Waals surface area (Å²) in [5.41, 5.74) is 0.298. The molecule has 1 unspecified atom stereocenters. The molecular formula is C20H23FN6O5. The van der Waals surface area contributed by atoms with Crippen molar-refractivity contribution in [3.05, 3.63) is 40.5 Å². The van der Waals surface area contributed by atoms with Crippen LogP contribution in [0.25, 0.3) is 11.1 Å². The van der Waals surface area contributed by atoms with Crippen molar-refractivity contribution < 1.29 is 23.6 Å². The second-order valence-electron chi connectivity index (χ2n) is 7.46. The number of rotatable bonds is 5. The van der Waals surface area contributed by atoms with Crippen LogP contribution in [0.15, 0.2) is 24.5 Å². The van der Waals surface area contributed by atoms with Crippen LogP contribution < -0.4 is 15.1 Å². The topological polar surface area (TPSA) is 123 Å². The highest BCUT2D eigenvalue weighted by atomic mass is 19.1. The lowest BCUT2D eigenvalue weighted by atomic mass is 10.1. The van der Waals surface area contributed by atoms with E-state index in [4.69, 9.17) is 9.47 Å². The third-order valence-corrected chi connectivity index (χ3v) is 5.47. The molecule has 1 N–H and O–H groups in total. The molecule has 2 saturated heterocycles. The van der Waals surface area contributed by atoms with E-state index >= 15 is 4.39 Å². The van der Waals surface area contributed by atoms with Crippen LogP contribution in [0, 0.1) is 15.9 Å². The van der Waals surface area contributed by atoms with Gasteiger partial charge in [0.05, 0.1) is 24.7 Å². The number of anilines is 2. The van der Waals surface area contributed by atoms with Crippen LogP contribution in [0.2, 0.25) is 0 Å². The number of aromatic nitrogens is 2. The summed E-state index contributed by atoms with van der Waals surface area (Å²) in [7, 11) is 1.45. The third kappa shape index (κ3) is 4.54. The average Bonchev–Trinajstić information content (AvgIpc) is 3.27. The van der Waals surface area contributed by atoms with Gasteiger partial charge in [0.1, 0.15) is 17.6 Å². The number of amides is 1. The molecular weight excluding hydrogens is 423 g/mol. The summed E-state index contributed by atoms with van der Waals surface area (Å²) in [6.07, 6.45) is 2.41. The first kappa shape index (κ1) is 21.7. The van der Waals surface area contributed by atoms with E-state index in [0.717, 1.165) is 6.07 Å². The minimum atomic E-state index is -0.621. The van der Waals surface area contributed by atoms with Crippen LogP contribution in [0.3, 0.4) is 0 Å². The molecule has 11 nitrogen and oxygen atoms in total. The van der Waals surface area contributed by atoms with Crippen LogP contribution in [0.4, 0.5) is 26.5 Å². The molecule has 0 saturated carbocycles. The van der Waals surface area contributed by atoms with Crippen molar-refractivity contribution in [2.75, 3.05) is 56.2 Å². The number of nitro groups is 1. The zero-order chi connectivity index (χ0) is 22.7. The van der Waals surface area contributed by atoms with Crippen molar-refractivity contribution >= 4 is 23.4 Å². The number of carbonyl (C=O) groups is 1. The molecule has 3 heterocycles. The Hall–Kier alpha value is -3.54. The quantitative estimate of drug-likeness (QED) is 0.542. The highest BCUT2D eigenvalue weighted by Gasteiger charge is 2.31. The van der Waals surface area contributed by atoms with Crippen molar-refractivity contribution in [3.8, 4) is 11.1 Å². The lowest BCUT2D eigenvalue weighted by Gasteiger charge is -2.26. The number of halogens is 1. The molecule has 0 bridgehead atoms. The van der Waals surface area contributed by atoms with Gasteiger partial charge in [-0.2, -0.15) is 0 Å². The second-order valence-corrected chi connectivity index (χ2v) is 7.46. The monoisotopic (exact) mass is 446 g/mol. The smallest absolute Gasteiger partial charge is 0.407 e. The number of ether oxygens (including phenoxy) is 2. The largest absolute Gasteiger partial charge is 0.444 e. The number of benzene rings is 1. The van der Waals surface area contributed by atoms with Crippen LogP contribution in [-0.2, 0) is 9.47 Å². The molecule has 2 aliphatic rings. The standard InChI is InChI=1S/C20H23FN6O5/c1-22-20(28)32-14-2-3-26(12-14)17-9-16(21)15(8-18(17)27(29)30)13-10-23-19(24-11-13)25-4-6-31-7-5-25/h8-11,14H,2-7,12H2,1H3,(H,22,28). The lowest BCUT2D eigenvalue weighted by Crippen LogP contribution is -2.37. The van der Waals surface area contributed by atoms with E-state index in [2.05, 4.69) is 15.3 Å². The number of hydrogen-bond donors (Lipinski definition) is 1. The Labute approximate surface area is 183 Å². The minimum absolute atomic E-state index is 0.0475. The summed E-state index contributed by atoms with van der Waals surface area (Å²) in [5, 5.41) is 14.1. The summed E-state index contributed by atoms with van der Waals surface area (Å²) in [6, 6.07) is 2.34. The van der Waals surface area contributed by atoms with Crippen LogP contribution in [0.5, 0.6) is 0 Å². The molecule has 1 amide bonds. The van der Waals surface area contributed by atoms with E-state index < -0.39 is 22.9 Å². The van der Waals surface area contributed by atoms with Gasteiger partial charge in [-0.1, -0.05) is 0 Å². The highest BCUT2D eigenvalue weighted by Crippen LogP contribution is 2.37. The van der Waals surface area contributed by atoms with Crippen molar-refractivity contribution in [3.63, 3.8) is 0 Å². The molecule has 2 fully saturated rings. The molecule has 12 heteroatoms. The molecule has 1 aromatic heterocycles. The molecule has 0 radical (unpaired) electrons. The molecule has 2 aromatic rings. The van der Waals surface area contributed by atoms with Gasteiger partial charge < -0.3 is 24.6 Å². The molecule has 4 rings (SSSR count). The Bertz CT molecular complexity index is 999. The molecule has 2 aliphatic heterocycles. The van der Waals surface area contributed by atoms with E-state index in [0.29, 0.717) is 50.8 Å². The Morgan fingerprint density at radius 1 is 1.25 bits per heavy atom. The van der Waals surface area contributed by atoms with Crippen LogP contribution in [0.1, 0.15) is 6.42 Å². The molecule has 0 aliphatic carbocycles. The fraction of sp³-hybridized carbons (Fsp3) is 0.450. The second kappa shape index (κ2) is 9.30. The number of nitrogens with zero attached hydrogens (tertiary/aromatic N) is 5. The number of alkyl carbamates (subject to hydrolysis) is 1. The summed E-state index contributed by atoms with van der Waals surface area (Å²) in [5.74, 6) is -0.119. The maximum atomic E-state index is 15.0. The van der Waals surface area contributed by atoms with Crippen molar-refractivity contribution in [1.82, 2.24) is 15.3 Å². The Morgan fingerprint density at radius 3 is 2.62 bits per heavy atom. The van der Waals surface area contributed by atoms with Gasteiger partial charge in [-0.15, -0.1) is 0 Å². The van der Waals surface area contributed by atoms with Gasteiger partial charge in [0.15, 0.2) is 0 Å². The zero-order valence-electron chi connectivity index (χ0n) is 17.5. The molecule has 170 valence electrons. The van der Waals surface area contributed by atoms with Gasteiger partial charge in [-0.3, -0.25) is 10.1 Å². The van der Waals surface area contributed by atoms with Crippen molar-refractivity contribution in [1.29, 1.82) is 0 Å². The van der Waals surface area contributed by atoms with Crippen LogP contribution >= 0.6 is 0 Å². The van der Waals surface area contributed by atoms with Crippen LogP contribution in [-0.4, -0.2) is 73.5 Å². The van der Waals surface area contributed by atoms with Gasteiger partial charge in [0.25, 0.3) is 5.69 Å². The maximum absolute atomic E-state index is 15.0. The number of morpholine rings is 1. The van der Waals surface area contributed by atoms with Crippen molar-refractivity contribution in [2.24, 2.45) is 0 Å². The first-order chi connectivity index (χ1) is 15.5. The third-order valence-electron chi connectivity index (χ3n) is 5.47. The Kier molecular flexibility index (Phi) is 6.30. The summed E-state index contributed by atoms with van der Waals surface area (Å²) in [6.45, 7) is 3.13. The zero-order valence-corrected chi connectivity index (χ0v) is 17.5. The van der Waals surface area contributed by atoms with Gasteiger partial charge in [-0.05, 0) is 0 Å². The molecule has 1 atom stereocenters. The van der Waals surface area contributed by atoms with E-state index in [1.165, 1.54) is 25.5 Å². The summed E-state index contributed by atoms with van der Waals surface area (Å²) in [4.78, 5) is 34.8. The predicted molar refractivity (Wildman–Crippen MR) is 113 cm³/mol.